The molecule has 6 nitrogen and oxygen atoms in total. The lowest BCUT2D eigenvalue weighted by Gasteiger charge is -2.09. The predicted molar refractivity (Wildman–Crippen MR) is 80.9 cm³/mol. The average Bonchev–Trinajstić information content (AvgIpc) is 2.49. The highest BCUT2D eigenvalue weighted by atomic mass is 16.5. The highest BCUT2D eigenvalue weighted by Crippen LogP contribution is 2.22. The minimum Gasteiger partial charge on any atom is -0.485 e. The smallest absolute Gasteiger partial charge is 0.313 e. The Labute approximate surface area is 127 Å². The summed E-state index contributed by atoms with van der Waals surface area (Å²) in [4.78, 5) is 34.9. The first kappa shape index (κ1) is 15.8. The molecule has 1 heterocycles. The van der Waals surface area contributed by atoms with Gasteiger partial charge in [-0.2, -0.15) is 0 Å². The first-order valence-electron chi connectivity index (χ1n) is 6.91. The van der Waals surface area contributed by atoms with Gasteiger partial charge in [-0.15, -0.1) is 0 Å². The molecule has 0 amide bonds. The molecule has 0 radical (unpaired) electrons. The lowest BCUT2D eigenvalue weighted by molar-refractivity contribution is -0.145. The van der Waals surface area contributed by atoms with Crippen molar-refractivity contribution < 1.29 is 19.1 Å². The zero-order valence-electron chi connectivity index (χ0n) is 12.5. The fraction of sp³-hybridized carbons (Fsp3) is 0.312. The summed E-state index contributed by atoms with van der Waals surface area (Å²) in [7, 11) is 1.66. The van der Waals surface area contributed by atoms with Gasteiger partial charge in [0.15, 0.2) is 5.78 Å². The molecular weight excluding hydrogens is 286 g/mol. The Bertz CT molecular complexity index is 763. The molecule has 0 fully saturated rings. The summed E-state index contributed by atoms with van der Waals surface area (Å²) in [6.07, 6.45) is 1.32. The first-order chi connectivity index (χ1) is 10.5. The fourth-order valence-electron chi connectivity index (χ4n) is 2.05. The molecule has 1 aromatic heterocycles. The zero-order chi connectivity index (χ0) is 16.1. The van der Waals surface area contributed by atoms with E-state index in [-0.39, 0.29) is 31.0 Å². The SMILES string of the molecule is CCOC(=O)CC(=O)COc1cccc2c(=O)n(C)ccc12. The van der Waals surface area contributed by atoms with Crippen LogP contribution in [0.25, 0.3) is 10.8 Å². The monoisotopic (exact) mass is 303 g/mol. The summed E-state index contributed by atoms with van der Waals surface area (Å²) in [5, 5.41) is 1.15. The number of benzene rings is 1. The van der Waals surface area contributed by atoms with Gasteiger partial charge >= 0.3 is 5.97 Å². The Kier molecular flexibility index (Phi) is 4.93. The number of carbonyl (C=O) groups is 2. The van der Waals surface area contributed by atoms with Gasteiger partial charge in [-0.1, -0.05) is 6.07 Å². The van der Waals surface area contributed by atoms with Gasteiger partial charge in [0.05, 0.1) is 12.0 Å². The number of carbonyl (C=O) groups excluding carboxylic acids is 2. The summed E-state index contributed by atoms with van der Waals surface area (Å²) in [6.45, 7) is 1.67. The van der Waals surface area contributed by atoms with E-state index in [0.29, 0.717) is 16.5 Å². The van der Waals surface area contributed by atoms with Crippen molar-refractivity contribution in [3.63, 3.8) is 0 Å². The van der Waals surface area contributed by atoms with Crippen LogP contribution in [0.1, 0.15) is 13.3 Å². The Hall–Kier alpha value is -2.63. The molecule has 0 bridgehead atoms. The van der Waals surface area contributed by atoms with Crippen molar-refractivity contribution in [3.8, 4) is 5.75 Å². The number of rotatable bonds is 6. The fourth-order valence-corrected chi connectivity index (χ4v) is 2.05. The number of pyridine rings is 1. The summed E-state index contributed by atoms with van der Waals surface area (Å²) in [5.74, 6) is -0.505. The van der Waals surface area contributed by atoms with Crippen LogP contribution in [0.3, 0.4) is 0 Å². The van der Waals surface area contributed by atoms with Crippen molar-refractivity contribution in [3.05, 3.63) is 40.8 Å². The Balaban J connectivity index is 2.13. The summed E-state index contributed by atoms with van der Waals surface area (Å²) >= 11 is 0. The van der Waals surface area contributed by atoms with Gasteiger partial charge in [-0.3, -0.25) is 14.4 Å². The molecule has 2 rings (SSSR count). The van der Waals surface area contributed by atoms with Gasteiger partial charge in [0.2, 0.25) is 0 Å². The second-order valence-corrected chi connectivity index (χ2v) is 4.76. The minimum atomic E-state index is -0.567. The van der Waals surface area contributed by atoms with E-state index >= 15 is 0 Å². The summed E-state index contributed by atoms with van der Waals surface area (Å²) in [6, 6.07) is 6.82. The standard InChI is InChI=1S/C16H17NO5/c1-3-21-15(19)9-11(18)10-22-14-6-4-5-13-12(14)7-8-17(2)16(13)20/h4-8H,3,9-10H2,1-2H3. The lowest BCUT2D eigenvalue weighted by Crippen LogP contribution is -2.18. The van der Waals surface area contributed by atoms with Crippen molar-refractivity contribution in [1.29, 1.82) is 0 Å². The lowest BCUT2D eigenvalue weighted by atomic mass is 10.1. The van der Waals surface area contributed by atoms with Crippen molar-refractivity contribution in [2.75, 3.05) is 13.2 Å². The molecule has 0 aliphatic heterocycles. The number of aryl methyl sites for hydroxylation is 1. The minimum absolute atomic E-state index is 0.138. The van der Waals surface area contributed by atoms with Crippen LogP contribution in [0.4, 0.5) is 0 Å². The number of aromatic nitrogens is 1. The molecule has 0 saturated carbocycles. The van der Waals surface area contributed by atoms with Crippen LogP contribution in [0.2, 0.25) is 0 Å². The largest absolute Gasteiger partial charge is 0.485 e. The topological polar surface area (TPSA) is 74.6 Å². The molecule has 0 N–H and O–H groups in total. The predicted octanol–water partition coefficient (Wildman–Crippen LogP) is 1.44. The number of fused-ring (bicyclic) bond motifs is 1. The van der Waals surface area contributed by atoms with Crippen LogP contribution in [0.5, 0.6) is 5.75 Å². The van der Waals surface area contributed by atoms with Gasteiger partial charge in [0, 0.05) is 18.6 Å². The molecule has 0 aliphatic rings. The zero-order valence-corrected chi connectivity index (χ0v) is 12.5. The van der Waals surface area contributed by atoms with E-state index < -0.39 is 5.97 Å². The van der Waals surface area contributed by atoms with Crippen molar-refractivity contribution in [2.24, 2.45) is 7.05 Å². The average molecular weight is 303 g/mol. The molecule has 0 saturated heterocycles. The van der Waals surface area contributed by atoms with Crippen LogP contribution < -0.4 is 10.3 Å². The number of Topliss-reactive ketones (excluding diaryl/α,β-unsaturated/α-hetero) is 1. The molecule has 22 heavy (non-hydrogen) atoms. The maximum absolute atomic E-state index is 12.0. The van der Waals surface area contributed by atoms with E-state index in [4.69, 9.17) is 9.47 Å². The van der Waals surface area contributed by atoms with E-state index in [1.54, 1.807) is 44.4 Å². The van der Waals surface area contributed by atoms with Crippen LogP contribution in [-0.2, 0) is 21.4 Å². The third-order valence-corrected chi connectivity index (χ3v) is 3.12. The first-order valence-corrected chi connectivity index (χ1v) is 6.91. The van der Waals surface area contributed by atoms with Gasteiger partial charge in [0.1, 0.15) is 18.8 Å². The van der Waals surface area contributed by atoms with E-state index in [0.717, 1.165) is 0 Å². The van der Waals surface area contributed by atoms with E-state index in [2.05, 4.69) is 0 Å². The highest BCUT2D eigenvalue weighted by Gasteiger charge is 2.12. The van der Waals surface area contributed by atoms with E-state index in [1.807, 2.05) is 0 Å². The van der Waals surface area contributed by atoms with Gasteiger partial charge < -0.3 is 14.0 Å². The Morgan fingerprint density at radius 1 is 1.18 bits per heavy atom. The molecule has 116 valence electrons. The van der Waals surface area contributed by atoms with Crippen LogP contribution in [-0.4, -0.2) is 29.5 Å². The third-order valence-electron chi connectivity index (χ3n) is 3.12. The molecule has 2 aromatic rings. The number of esters is 1. The molecule has 1 aromatic carbocycles. The number of ketones is 1. The molecule has 6 heteroatoms. The van der Waals surface area contributed by atoms with Crippen molar-refractivity contribution in [1.82, 2.24) is 4.57 Å². The molecular formula is C16H17NO5. The highest BCUT2D eigenvalue weighted by molar-refractivity contribution is 5.96. The molecule has 0 unspecified atom stereocenters. The summed E-state index contributed by atoms with van der Waals surface area (Å²) < 4.78 is 11.6. The number of ether oxygens (including phenoxy) is 2. The van der Waals surface area contributed by atoms with Crippen molar-refractivity contribution >= 4 is 22.5 Å². The normalized spacial score (nSPS) is 10.5. The number of hydrogen-bond acceptors (Lipinski definition) is 5. The van der Waals surface area contributed by atoms with E-state index in [9.17, 15) is 14.4 Å². The Morgan fingerprint density at radius 3 is 2.68 bits per heavy atom. The maximum Gasteiger partial charge on any atom is 0.313 e. The molecule has 0 aliphatic carbocycles. The molecule has 0 atom stereocenters. The van der Waals surface area contributed by atoms with Gasteiger partial charge in [0.25, 0.3) is 5.56 Å². The quantitative estimate of drug-likeness (QED) is 0.596. The third kappa shape index (κ3) is 3.52. The van der Waals surface area contributed by atoms with Crippen molar-refractivity contribution in [2.45, 2.75) is 13.3 Å². The maximum atomic E-state index is 12.0. The van der Waals surface area contributed by atoms with Gasteiger partial charge in [-0.25, -0.2) is 0 Å². The van der Waals surface area contributed by atoms with Crippen LogP contribution in [0, 0.1) is 0 Å². The van der Waals surface area contributed by atoms with Crippen LogP contribution >= 0.6 is 0 Å². The van der Waals surface area contributed by atoms with Gasteiger partial charge in [-0.05, 0) is 25.1 Å². The second kappa shape index (κ2) is 6.89. The van der Waals surface area contributed by atoms with E-state index in [1.165, 1.54) is 4.57 Å². The second-order valence-electron chi connectivity index (χ2n) is 4.76. The van der Waals surface area contributed by atoms with Crippen LogP contribution in [0.15, 0.2) is 35.3 Å². The number of hydrogen-bond donors (Lipinski definition) is 0. The Morgan fingerprint density at radius 2 is 1.95 bits per heavy atom. The summed E-state index contributed by atoms with van der Waals surface area (Å²) in [5.41, 5.74) is -0.138. The number of nitrogens with zero attached hydrogens (tertiary/aromatic N) is 1. The molecule has 0 spiro atoms.